The third-order valence-electron chi connectivity index (χ3n) is 3.90. The molecule has 114 valence electrons. The van der Waals surface area contributed by atoms with E-state index in [9.17, 15) is 4.79 Å². The van der Waals surface area contributed by atoms with Crippen molar-refractivity contribution in [3.63, 3.8) is 0 Å². The Bertz CT molecular complexity index is 534. The van der Waals surface area contributed by atoms with Crippen LogP contribution in [0.2, 0.25) is 10.0 Å². The Hall–Kier alpha value is -0.970. The van der Waals surface area contributed by atoms with E-state index in [0.29, 0.717) is 15.8 Å². The van der Waals surface area contributed by atoms with Crippen molar-refractivity contribution >= 4 is 29.1 Å². The third kappa shape index (κ3) is 4.02. The second kappa shape index (κ2) is 6.42. The Kier molecular flexibility index (Phi) is 4.57. The summed E-state index contributed by atoms with van der Waals surface area (Å²) in [6, 6.07) is 5.94. The average Bonchev–Trinajstić information content (AvgIpc) is 3.21. The van der Waals surface area contributed by atoms with Crippen LogP contribution in [0.25, 0.3) is 0 Å². The van der Waals surface area contributed by atoms with Crippen LogP contribution in [0, 0.1) is 0 Å². The minimum absolute atomic E-state index is 0.0417. The lowest BCUT2D eigenvalue weighted by Gasteiger charge is -2.16. The highest BCUT2D eigenvalue weighted by Crippen LogP contribution is 2.30. The van der Waals surface area contributed by atoms with Crippen LogP contribution in [0.1, 0.15) is 19.3 Å². The van der Waals surface area contributed by atoms with Crippen molar-refractivity contribution in [1.82, 2.24) is 10.2 Å². The number of carbonyl (C=O) groups excluding carboxylic acids is 1. The summed E-state index contributed by atoms with van der Waals surface area (Å²) in [6.07, 6.45) is 3.62. The third-order valence-corrected chi connectivity index (χ3v) is 4.45. The van der Waals surface area contributed by atoms with Gasteiger partial charge in [-0.1, -0.05) is 23.2 Å². The molecule has 0 radical (unpaired) electrons. The van der Waals surface area contributed by atoms with Gasteiger partial charge in [-0.05, 0) is 31.4 Å². The molecular formula is C15H18Cl2N2O2. The van der Waals surface area contributed by atoms with Crippen molar-refractivity contribution < 1.29 is 9.53 Å². The number of halogens is 2. The molecule has 0 unspecified atom stereocenters. The zero-order valence-electron chi connectivity index (χ0n) is 11.6. The lowest BCUT2D eigenvalue weighted by molar-refractivity contribution is -0.123. The predicted molar refractivity (Wildman–Crippen MR) is 83.1 cm³/mol. The fraction of sp³-hybridized carbons (Fsp3) is 0.533. The SMILES string of the molecule is O=C(COc1cc(Cl)ccc1Cl)N[C@H]1CCN(C2CC2)C1. The molecule has 1 amide bonds. The average molecular weight is 329 g/mol. The molecule has 1 saturated heterocycles. The summed E-state index contributed by atoms with van der Waals surface area (Å²) >= 11 is 11.9. The summed E-state index contributed by atoms with van der Waals surface area (Å²) < 4.78 is 5.43. The molecule has 1 aliphatic heterocycles. The Balaban J connectivity index is 1.45. The van der Waals surface area contributed by atoms with Gasteiger partial charge < -0.3 is 10.1 Å². The van der Waals surface area contributed by atoms with Gasteiger partial charge in [-0.15, -0.1) is 0 Å². The molecule has 1 aliphatic carbocycles. The number of amides is 1. The predicted octanol–water partition coefficient (Wildman–Crippen LogP) is 2.73. The molecule has 4 nitrogen and oxygen atoms in total. The first kappa shape index (κ1) is 14.9. The van der Waals surface area contributed by atoms with Gasteiger partial charge in [0.25, 0.3) is 5.91 Å². The monoisotopic (exact) mass is 328 g/mol. The van der Waals surface area contributed by atoms with E-state index >= 15 is 0 Å². The highest BCUT2D eigenvalue weighted by molar-refractivity contribution is 6.34. The number of rotatable bonds is 5. The van der Waals surface area contributed by atoms with E-state index in [2.05, 4.69) is 10.2 Å². The van der Waals surface area contributed by atoms with Crippen LogP contribution in [0.4, 0.5) is 0 Å². The summed E-state index contributed by atoms with van der Waals surface area (Å²) in [7, 11) is 0. The standard InChI is InChI=1S/C15H18Cl2N2O2/c16-10-1-4-13(17)14(7-10)21-9-15(20)18-11-5-6-19(8-11)12-2-3-12/h1,4,7,11-12H,2-3,5-6,8-9H2,(H,18,20)/t11-/m0/s1. The van der Waals surface area contributed by atoms with Crippen molar-refractivity contribution in [3.8, 4) is 5.75 Å². The smallest absolute Gasteiger partial charge is 0.258 e. The van der Waals surface area contributed by atoms with Crippen LogP contribution in [0.15, 0.2) is 18.2 Å². The van der Waals surface area contributed by atoms with Crippen molar-refractivity contribution in [3.05, 3.63) is 28.2 Å². The molecule has 1 heterocycles. The maximum absolute atomic E-state index is 11.9. The van der Waals surface area contributed by atoms with Crippen LogP contribution >= 0.6 is 23.2 Å². The van der Waals surface area contributed by atoms with Crippen molar-refractivity contribution in [2.45, 2.75) is 31.3 Å². The fourth-order valence-electron chi connectivity index (χ4n) is 2.68. The maximum atomic E-state index is 11.9. The molecule has 0 spiro atoms. The topological polar surface area (TPSA) is 41.6 Å². The van der Waals surface area contributed by atoms with Crippen LogP contribution in [-0.4, -0.2) is 42.6 Å². The highest BCUT2D eigenvalue weighted by atomic mass is 35.5. The first-order valence-corrected chi connectivity index (χ1v) is 7.98. The zero-order chi connectivity index (χ0) is 14.8. The Morgan fingerprint density at radius 1 is 1.33 bits per heavy atom. The van der Waals surface area contributed by atoms with Gasteiger partial charge in [-0.3, -0.25) is 9.69 Å². The van der Waals surface area contributed by atoms with Gasteiger partial charge in [0, 0.05) is 36.3 Å². The summed E-state index contributed by atoms with van der Waals surface area (Å²) in [5, 5.41) is 4.00. The van der Waals surface area contributed by atoms with E-state index in [-0.39, 0.29) is 18.6 Å². The highest BCUT2D eigenvalue weighted by Gasteiger charge is 2.34. The summed E-state index contributed by atoms with van der Waals surface area (Å²) in [5.41, 5.74) is 0. The van der Waals surface area contributed by atoms with E-state index in [1.165, 1.54) is 12.8 Å². The van der Waals surface area contributed by atoms with Gasteiger partial charge in [-0.2, -0.15) is 0 Å². The van der Waals surface area contributed by atoms with Gasteiger partial charge in [-0.25, -0.2) is 0 Å². The van der Waals surface area contributed by atoms with E-state index in [1.807, 2.05) is 0 Å². The van der Waals surface area contributed by atoms with Gasteiger partial charge in [0.1, 0.15) is 5.75 Å². The van der Waals surface area contributed by atoms with Gasteiger partial charge in [0.15, 0.2) is 6.61 Å². The van der Waals surface area contributed by atoms with E-state index < -0.39 is 0 Å². The van der Waals surface area contributed by atoms with Gasteiger partial charge >= 0.3 is 0 Å². The molecule has 2 aliphatic rings. The molecule has 0 aromatic heterocycles. The molecule has 1 aromatic rings. The molecule has 1 aromatic carbocycles. The largest absolute Gasteiger partial charge is 0.482 e. The maximum Gasteiger partial charge on any atom is 0.258 e. The Morgan fingerprint density at radius 2 is 2.14 bits per heavy atom. The number of likely N-dealkylation sites (tertiary alicyclic amines) is 1. The molecule has 6 heteroatoms. The summed E-state index contributed by atoms with van der Waals surface area (Å²) in [6.45, 7) is 1.99. The minimum atomic E-state index is -0.117. The van der Waals surface area contributed by atoms with Crippen LogP contribution in [0.3, 0.4) is 0 Å². The van der Waals surface area contributed by atoms with Gasteiger partial charge in [0.2, 0.25) is 0 Å². The molecule has 1 atom stereocenters. The van der Waals surface area contributed by atoms with Gasteiger partial charge in [0.05, 0.1) is 5.02 Å². The molecule has 3 rings (SSSR count). The number of nitrogens with zero attached hydrogens (tertiary/aromatic N) is 1. The zero-order valence-corrected chi connectivity index (χ0v) is 13.2. The van der Waals surface area contributed by atoms with Crippen LogP contribution in [-0.2, 0) is 4.79 Å². The number of hydrogen-bond donors (Lipinski definition) is 1. The minimum Gasteiger partial charge on any atom is -0.482 e. The van der Waals surface area contributed by atoms with E-state index in [0.717, 1.165) is 25.6 Å². The number of benzene rings is 1. The normalized spacial score (nSPS) is 22.3. The quantitative estimate of drug-likeness (QED) is 0.903. The second-order valence-electron chi connectivity index (χ2n) is 5.64. The lowest BCUT2D eigenvalue weighted by atomic mass is 10.2. The Labute approximate surface area is 134 Å². The van der Waals surface area contributed by atoms with E-state index in [4.69, 9.17) is 27.9 Å². The molecule has 1 saturated carbocycles. The number of hydrogen-bond acceptors (Lipinski definition) is 3. The van der Waals surface area contributed by atoms with Crippen molar-refractivity contribution in [1.29, 1.82) is 0 Å². The molecule has 1 N–H and O–H groups in total. The van der Waals surface area contributed by atoms with Crippen LogP contribution < -0.4 is 10.1 Å². The van der Waals surface area contributed by atoms with Crippen LogP contribution in [0.5, 0.6) is 5.75 Å². The Morgan fingerprint density at radius 3 is 2.90 bits per heavy atom. The molecule has 21 heavy (non-hydrogen) atoms. The number of carbonyl (C=O) groups is 1. The number of ether oxygens (including phenoxy) is 1. The first-order valence-electron chi connectivity index (χ1n) is 7.23. The molecule has 2 fully saturated rings. The van der Waals surface area contributed by atoms with Crippen molar-refractivity contribution in [2.75, 3.05) is 19.7 Å². The first-order chi connectivity index (χ1) is 10.1. The van der Waals surface area contributed by atoms with E-state index in [1.54, 1.807) is 18.2 Å². The lowest BCUT2D eigenvalue weighted by Crippen LogP contribution is -2.39. The number of nitrogens with one attached hydrogen (secondary N) is 1. The fourth-order valence-corrected chi connectivity index (χ4v) is 3.01. The summed E-state index contributed by atoms with van der Waals surface area (Å²) in [5.74, 6) is 0.319. The molecule has 0 bridgehead atoms. The summed E-state index contributed by atoms with van der Waals surface area (Å²) in [4.78, 5) is 14.4. The second-order valence-corrected chi connectivity index (χ2v) is 6.49. The van der Waals surface area contributed by atoms with Crippen molar-refractivity contribution in [2.24, 2.45) is 0 Å². The molecular weight excluding hydrogens is 311 g/mol.